The summed E-state index contributed by atoms with van der Waals surface area (Å²) in [7, 11) is -5.17. The first-order valence-electron chi connectivity index (χ1n) is 4.30. The van der Waals surface area contributed by atoms with Crippen molar-refractivity contribution in [2.24, 2.45) is 5.73 Å². The summed E-state index contributed by atoms with van der Waals surface area (Å²) in [4.78, 5) is 0. The number of rotatable bonds is 1. The van der Waals surface area contributed by atoms with Crippen molar-refractivity contribution in [1.82, 2.24) is 0 Å². The van der Waals surface area contributed by atoms with Crippen LogP contribution >= 0.6 is 0 Å². The fraction of sp³-hybridized carbons (Fsp3) is 1.00. The summed E-state index contributed by atoms with van der Waals surface area (Å²) in [5, 5.41) is 36.1. The van der Waals surface area contributed by atoms with Gasteiger partial charge in [0.05, 0.1) is 12.6 Å². The van der Waals surface area contributed by atoms with Crippen LogP contribution in [0.3, 0.4) is 0 Å². The van der Waals surface area contributed by atoms with E-state index in [1.807, 2.05) is 0 Å². The summed E-state index contributed by atoms with van der Waals surface area (Å²) < 4.78 is 38.8. The van der Waals surface area contributed by atoms with Crippen LogP contribution in [0.1, 0.15) is 0 Å². The van der Waals surface area contributed by atoms with Crippen LogP contribution in [-0.4, -0.2) is 75.2 Å². The van der Waals surface area contributed by atoms with E-state index in [-0.39, 0.29) is 37.7 Å². The van der Waals surface area contributed by atoms with Crippen LogP contribution in [0, 0.1) is 0 Å². The van der Waals surface area contributed by atoms with Gasteiger partial charge in [0, 0.05) is 10.4 Å². The van der Waals surface area contributed by atoms with Gasteiger partial charge >= 0.3 is 37.7 Å². The first-order valence-corrected chi connectivity index (χ1v) is 5.64. The first-order chi connectivity index (χ1) is 7.57. The third kappa shape index (κ3) is 10.2. The number of aliphatic hydroxyl groups is 4. The Labute approximate surface area is 133 Å². The summed E-state index contributed by atoms with van der Waals surface area (Å²) in [6, 6.07) is -1.04. The monoisotopic (exact) mass is 289 g/mol. The maximum Gasteiger partial charge on any atom is 1.00 e. The van der Waals surface area contributed by atoms with Crippen molar-refractivity contribution >= 4 is 10.4 Å². The van der Waals surface area contributed by atoms with E-state index in [4.69, 9.17) is 38.2 Å². The molecule has 0 aromatic heterocycles. The number of ether oxygens (including phenoxy) is 1. The van der Waals surface area contributed by atoms with E-state index < -0.39 is 47.6 Å². The molecule has 0 saturated carbocycles. The molecule has 1 heterocycles. The Balaban J connectivity index is -0.000000320. The zero-order valence-electron chi connectivity index (χ0n) is 10.4. The van der Waals surface area contributed by atoms with Gasteiger partial charge in [-0.25, -0.2) is 0 Å². The summed E-state index contributed by atoms with van der Waals surface area (Å²) in [5.74, 6) is 0. The van der Waals surface area contributed by atoms with E-state index in [9.17, 15) is 10.2 Å². The largest absolute Gasteiger partial charge is 1.00 e. The molecule has 1 saturated heterocycles. The molecule has 1 fully saturated rings. The van der Waals surface area contributed by atoms with Crippen LogP contribution in [0.25, 0.3) is 0 Å². The third-order valence-corrected chi connectivity index (χ3v) is 1.95. The molecule has 1 aliphatic rings. The van der Waals surface area contributed by atoms with Crippen molar-refractivity contribution in [1.29, 1.82) is 0 Å². The molecule has 0 aromatic carbocycles. The van der Waals surface area contributed by atoms with E-state index in [2.05, 4.69) is 0 Å². The van der Waals surface area contributed by atoms with Gasteiger partial charge in [-0.2, -0.15) is 0 Å². The van der Waals surface area contributed by atoms with Gasteiger partial charge < -0.3 is 40.0 Å². The van der Waals surface area contributed by atoms with Crippen molar-refractivity contribution < 1.29 is 80.4 Å². The Morgan fingerprint density at radius 3 is 1.79 bits per heavy atom. The summed E-state index contributed by atoms with van der Waals surface area (Å²) in [5.41, 5.74) is 5.26. The SMILES string of the molecule is N[C@H]1C(O)O[C@H](CO)[C@@H](O)[C@@H]1O.O=S(=O)([O-])[O-].[Li+].[Li+]. The predicted octanol–water partition coefficient (Wildman–Crippen LogP) is -10.6. The molecule has 19 heavy (non-hydrogen) atoms. The Morgan fingerprint density at radius 1 is 1.11 bits per heavy atom. The molecule has 1 aliphatic heterocycles. The van der Waals surface area contributed by atoms with E-state index in [0.717, 1.165) is 0 Å². The van der Waals surface area contributed by atoms with E-state index >= 15 is 0 Å². The minimum absolute atomic E-state index is 0. The van der Waals surface area contributed by atoms with Gasteiger partial charge in [0.25, 0.3) is 0 Å². The molecule has 0 spiro atoms. The fourth-order valence-electron chi connectivity index (χ4n) is 1.12. The van der Waals surface area contributed by atoms with Crippen LogP contribution in [-0.2, 0) is 15.1 Å². The second-order valence-corrected chi connectivity index (χ2v) is 4.03. The molecule has 0 aromatic rings. The molecule has 1 unspecified atom stereocenters. The quantitative estimate of drug-likeness (QED) is 0.175. The molecule has 0 amide bonds. The van der Waals surface area contributed by atoms with Gasteiger partial charge in [-0.15, -0.1) is 0 Å². The van der Waals surface area contributed by atoms with Crippen LogP contribution < -0.4 is 43.5 Å². The molecule has 1 rings (SSSR count). The minimum Gasteiger partial charge on any atom is -0.759 e. The number of hydrogen-bond acceptors (Lipinski definition) is 10. The predicted molar refractivity (Wildman–Crippen MR) is 48.4 cm³/mol. The molecule has 104 valence electrons. The van der Waals surface area contributed by atoms with Gasteiger partial charge in [-0.05, 0) is 0 Å². The van der Waals surface area contributed by atoms with Crippen LogP contribution in [0.4, 0.5) is 0 Å². The van der Waals surface area contributed by atoms with E-state index in [1.165, 1.54) is 0 Å². The van der Waals surface area contributed by atoms with E-state index in [1.54, 1.807) is 0 Å². The van der Waals surface area contributed by atoms with Crippen molar-refractivity contribution in [2.75, 3.05) is 6.61 Å². The maximum atomic E-state index is 9.20. The van der Waals surface area contributed by atoms with E-state index in [0.29, 0.717) is 0 Å². The first kappa shape index (κ1) is 24.8. The Morgan fingerprint density at radius 2 is 1.47 bits per heavy atom. The zero-order valence-corrected chi connectivity index (χ0v) is 11.2. The van der Waals surface area contributed by atoms with Gasteiger partial charge in [0.15, 0.2) is 6.29 Å². The average Bonchev–Trinajstić information content (AvgIpc) is 2.18. The molecule has 6 N–H and O–H groups in total. The summed E-state index contributed by atoms with van der Waals surface area (Å²) >= 11 is 0. The van der Waals surface area contributed by atoms with Crippen LogP contribution in [0.2, 0.25) is 0 Å². The number of nitrogens with two attached hydrogens (primary N) is 1. The maximum absolute atomic E-state index is 9.20. The van der Waals surface area contributed by atoms with Gasteiger partial charge in [-0.3, -0.25) is 8.42 Å². The molecule has 0 aliphatic carbocycles. The van der Waals surface area contributed by atoms with Crippen molar-refractivity contribution in [3.05, 3.63) is 0 Å². The molecular formula is C6H13Li2NO9S. The normalized spacial score (nSPS) is 34.2. The summed E-state index contributed by atoms with van der Waals surface area (Å²) in [6.45, 7) is -0.470. The smallest absolute Gasteiger partial charge is 0.759 e. The topological polar surface area (TPSA) is 196 Å². The molecule has 13 heteroatoms. The van der Waals surface area contributed by atoms with Gasteiger partial charge in [0.1, 0.15) is 18.3 Å². The Hall–Kier alpha value is 0.825. The zero-order chi connectivity index (χ0) is 13.8. The van der Waals surface area contributed by atoms with Crippen molar-refractivity contribution in [2.45, 2.75) is 30.6 Å². The summed E-state index contributed by atoms with van der Waals surface area (Å²) in [6.07, 6.45) is -4.85. The molecule has 5 atom stereocenters. The molecule has 0 radical (unpaired) electrons. The molecule has 10 nitrogen and oxygen atoms in total. The van der Waals surface area contributed by atoms with Crippen LogP contribution in [0.15, 0.2) is 0 Å². The molecular weight excluding hydrogens is 276 g/mol. The van der Waals surface area contributed by atoms with Gasteiger partial charge in [0.2, 0.25) is 0 Å². The van der Waals surface area contributed by atoms with Crippen LogP contribution in [0.5, 0.6) is 0 Å². The Bertz CT molecular complexity index is 316. The van der Waals surface area contributed by atoms with Crippen molar-refractivity contribution in [3.8, 4) is 0 Å². The second-order valence-electron chi connectivity index (χ2n) is 3.21. The van der Waals surface area contributed by atoms with Gasteiger partial charge in [-0.1, -0.05) is 0 Å². The third-order valence-electron chi connectivity index (χ3n) is 1.95. The number of aliphatic hydroxyl groups excluding tert-OH is 4. The number of hydrogen-bond donors (Lipinski definition) is 5. The fourth-order valence-corrected chi connectivity index (χ4v) is 1.12. The standard InChI is InChI=1S/C6H13NO5.2Li.H2O4S/c7-3-5(10)4(9)2(1-8)12-6(3)11;;;1-5(2,3)4/h2-6,8-11H,1,7H2;;;(H2,1,2,3,4)/q;2*+1;/p-2/t2-,3-,4-,5-,6?;;;/m1.../s1. The Kier molecular flexibility index (Phi) is 13.8. The molecule has 0 bridgehead atoms. The average molecular weight is 289 g/mol. The second kappa shape index (κ2) is 10.5. The van der Waals surface area contributed by atoms with Crippen molar-refractivity contribution in [3.63, 3.8) is 0 Å². The minimum atomic E-state index is -5.17.